The van der Waals surface area contributed by atoms with Crippen molar-refractivity contribution in [3.63, 3.8) is 0 Å². The average molecular weight is 307 g/mol. The predicted molar refractivity (Wildman–Crippen MR) is 89.3 cm³/mol. The Bertz CT molecular complexity index is 866. The Balaban J connectivity index is 2.01. The number of fused-ring (bicyclic) bond motifs is 1. The highest BCUT2D eigenvalue weighted by Gasteiger charge is 2.13. The normalized spacial score (nSPS) is 12.0. The molecule has 0 bridgehead atoms. The van der Waals surface area contributed by atoms with Gasteiger partial charge >= 0.3 is 6.03 Å². The van der Waals surface area contributed by atoms with Crippen molar-refractivity contribution >= 4 is 17.2 Å². The van der Waals surface area contributed by atoms with E-state index in [1.165, 1.54) is 5.56 Å². The van der Waals surface area contributed by atoms with Crippen molar-refractivity contribution < 1.29 is 4.79 Å². The van der Waals surface area contributed by atoms with Gasteiger partial charge < -0.3 is 11.1 Å². The molecule has 0 aliphatic carbocycles. The Morgan fingerprint density at radius 3 is 2.74 bits per heavy atom. The minimum Gasteiger partial charge on any atom is -0.352 e. The van der Waals surface area contributed by atoms with Gasteiger partial charge in [-0.1, -0.05) is 23.8 Å². The number of amides is 2. The van der Waals surface area contributed by atoms with Crippen LogP contribution in [-0.4, -0.2) is 20.6 Å². The van der Waals surface area contributed by atoms with Crippen molar-refractivity contribution in [3.8, 4) is 5.69 Å². The predicted octanol–water partition coefficient (Wildman–Crippen LogP) is 2.62. The van der Waals surface area contributed by atoms with Crippen molar-refractivity contribution in [3.05, 3.63) is 66.6 Å². The number of nitrogens with two attached hydrogens (primary N) is 1. The molecular formula is C17H17N5O. The molecule has 6 nitrogen and oxygen atoms in total. The summed E-state index contributed by atoms with van der Waals surface area (Å²) in [6.07, 6.45) is 5.11. The van der Waals surface area contributed by atoms with E-state index in [9.17, 15) is 4.79 Å². The molecule has 6 heteroatoms. The zero-order valence-electron chi connectivity index (χ0n) is 12.7. The molecule has 0 spiro atoms. The third-order valence-corrected chi connectivity index (χ3v) is 3.57. The molecule has 2 amide bonds. The zero-order valence-corrected chi connectivity index (χ0v) is 12.7. The number of hydrogen-bond acceptors (Lipinski definition) is 3. The number of benzene rings is 1. The second-order valence-electron chi connectivity index (χ2n) is 5.25. The maximum Gasteiger partial charge on any atom is 0.312 e. The van der Waals surface area contributed by atoms with Crippen LogP contribution >= 0.6 is 0 Å². The lowest BCUT2D eigenvalue weighted by Crippen LogP contribution is -2.32. The molecule has 0 radical (unpaired) electrons. The Morgan fingerprint density at radius 2 is 2.09 bits per heavy atom. The number of aryl methyl sites for hydroxylation is 1. The topological polar surface area (TPSA) is 85.8 Å². The van der Waals surface area contributed by atoms with Gasteiger partial charge in [0.1, 0.15) is 5.52 Å². The van der Waals surface area contributed by atoms with Crippen LogP contribution in [0.4, 0.5) is 4.79 Å². The molecule has 0 aliphatic heterocycles. The molecule has 23 heavy (non-hydrogen) atoms. The van der Waals surface area contributed by atoms with E-state index in [2.05, 4.69) is 21.9 Å². The summed E-state index contributed by atoms with van der Waals surface area (Å²) in [5.41, 5.74) is 9.45. The van der Waals surface area contributed by atoms with Crippen LogP contribution < -0.4 is 11.1 Å². The maximum absolute atomic E-state index is 11.0. The molecule has 3 aromatic rings. The number of carbonyl (C=O) groups is 1. The molecule has 0 saturated carbocycles. The lowest BCUT2D eigenvalue weighted by molar-refractivity contribution is 0.247. The summed E-state index contributed by atoms with van der Waals surface area (Å²) in [6, 6.07) is 8.95. The summed E-state index contributed by atoms with van der Waals surface area (Å²) in [5, 5.41) is 2.57. The Labute approximate surface area is 133 Å². The van der Waals surface area contributed by atoms with Crippen LogP contribution in [0.15, 0.2) is 55.4 Å². The van der Waals surface area contributed by atoms with Gasteiger partial charge in [-0.25, -0.2) is 14.8 Å². The number of primary amides is 1. The van der Waals surface area contributed by atoms with E-state index >= 15 is 0 Å². The zero-order chi connectivity index (χ0) is 16.4. The summed E-state index contributed by atoms with van der Waals surface area (Å²) < 4.78 is 1.97. The van der Waals surface area contributed by atoms with Crippen LogP contribution in [0.2, 0.25) is 0 Å². The fourth-order valence-corrected chi connectivity index (χ4v) is 2.39. The minimum atomic E-state index is -0.631. The second-order valence-corrected chi connectivity index (χ2v) is 5.25. The molecular weight excluding hydrogens is 290 g/mol. The fourth-order valence-electron chi connectivity index (χ4n) is 2.39. The van der Waals surface area contributed by atoms with Gasteiger partial charge in [0, 0.05) is 11.9 Å². The number of hydrogen-bond donors (Lipinski definition) is 2. The Kier molecular flexibility index (Phi) is 3.80. The van der Waals surface area contributed by atoms with Crippen LogP contribution in [0.5, 0.6) is 0 Å². The van der Waals surface area contributed by atoms with Crippen molar-refractivity contribution in [1.82, 2.24) is 19.9 Å². The highest BCUT2D eigenvalue weighted by Crippen LogP contribution is 2.20. The van der Waals surface area contributed by atoms with Crippen LogP contribution in [0.3, 0.4) is 0 Å². The maximum atomic E-state index is 11.0. The molecule has 0 aliphatic rings. The molecule has 0 fully saturated rings. The monoisotopic (exact) mass is 307 g/mol. The van der Waals surface area contributed by atoms with Crippen LogP contribution in [-0.2, 0) is 0 Å². The summed E-state index contributed by atoms with van der Waals surface area (Å²) in [5.74, 6) is 0. The van der Waals surface area contributed by atoms with Crippen molar-refractivity contribution in [1.29, 1.82) is 0 Å². The summed E-state index contributed by atoms with van der Waals surface area (Å²) in [4.78, 5) is 20.0. The molecule has 1 aromatic carbocycles. The Morgan fingerprint density at radius 1 is 1.35 bits per heavy atom. The standard InChI is InChI=1S/C17H17N5O/c1-3-13(21-17(18)23)15-10-19-16-14(20-15)8-9-22(16)12-6-4-11(2)5-7-12/h3-10,13H,1H2,2H3,(H3,18,21,23). The second kappa shape index (κ2) is 5.92. The van der Waals surface area contributed by atoms with Gasteiger partial charge in [-0.3, -0.25) is 4.57 Å². The molecule has 2 aromatic heterocycles. The van der Waals surface area contributed by atoms with E-state index in [0.717, 1.165) is 16.9 Å². The molecule has 1 unspecified atom stereocenters. The lowest BCUT2D eigenvalue weighted by atomic mass is 10.2. The first-order valence-corrected chi connectivity index (χ1v) is 7.18. The van der Waals surface area contributed by atoms with E-state index in [4.69, 9.17) is 5.73 Å². The highest BCUT2D eigenvalue weighted by atomic mass is 16.2. The van der Waals surface area contributed by atoms with Crippen molar-refractivity contribution in [2.45, 2.75) is 13.0 Å². The van der Waals surface area contributed by atoms with Crippen LogP contribution in [0.25, 0.3) is 16.9 Å². The largest absolute Gasteiger partial charge is 0.352 e. The van der Waals surface area contributed by atoms with Gasteiger partial charge in [-0.2, -0.15) is 0 Å². The molecule has 2 heterocycles. The van der Waals surface area contributed by atoms with Gasteiger partial charge in [0.2, 0.25) is 0 Å². The molecule has 3 N–H and O–H groups in total. The van der Waals surface area contributed by atoms with Crippen molar-refractivity contribution in [2.24, 2.45) is 5.73 Å². The number of carbonyl (C=O) groups excluding carboxylic acids is 1. The van der Waals surface area contributed by atoms with E-state index in [-0.39, 0.29) is 0 Å². The fraction of sp³-hybridized carbons (Fsp3) is 0.118. The smallest absolute Gasteiger partial charge is 0.312 e. The minimum absolute atomic E-state index is 0.466. The molecule has 0 saturated heterocycles. The molecule has 3 rings (SSSR count). The third kappa shape index (κ3) is 2.91. The van der Waals surface area contributed by atoms with E-state index < -0.39 is 12.1 Å². The van der Waals surface area contributed by atoms with Gasteiger partial charge in [0.05, 0.1) is 17.9 Å². The van der Waals surface area contributed by atoms with E-state index in [1.807, 2.05) is 48.0 Å². The first-order valence-electron chi connectivity index (χ1n) is 7.18. The SMILES string of the molecule is C=CC(NC(N)=O)c1cnc2c(ccn2-c2ccc(C)cc2)n1. The summed E-state index contributed by atoms with van der Waals surface area (Å²) in [7, 11) is 0. The van der Waals surface area contributed by atoms with Gasteiger partial charge in [0.15, 0.2) is 5.65 Å². The average Bonchev–Trinajstić information content (AvgIpc) is 2.96. The summed E-state index contributed by atoms with van der Waals surface area (Å²) >= 11 is 0. The molecule has 1 atom stereocenters. The number of nitrogens with one attached hydrogen (secondary N) is 1. The van der Waals surface area contributed by atoms with Crippen LogP contribution in [0.1, 0.15) is 17.3 Å². The Hall–Kier alpha value is -3.15. The molecule has 116 valence electrons. The van der Waals surface area contributed by atoms with Gasteiger partial charge in [0.25, 0.3) is 0 Å². The third-order valence-electron chi connectivity index (χ3n) is 3.57. The van der Waals surface area contributed by atoms with Gasteiger partial charge in [-0.15, -0.1) is 6.58 Å². The van der Waals surface area contributed by atoms with Crippen LogP contribution in [0, 0.1) is 6.92 Å². The first-order chi connectivity index (χ1) is 11.1. The lowest BCUT2D eigenvalue weighted by Gasteiger charge is -2.12. The number of aromatic nitrogens is 3. The van der Waals surface area contributed by atoms with Crippen molar-refractivity contribution in [2.75, 3.05) is 0 Å². The van der Waals surface area contributed by atoms with E-state index in [0.29, 0.717) is 5.69 Å². The van der Waals surface area contributed by atoms with E-state index in [1.54, 1.807) is 12.3 Å². The number of nitrogens with zero attached hydrogens (tertiary/aromatic N) is 3. The highest BCUT2D eigenvalue weighted by molar-refractivity contribution is 5.75. The number of rotatable bonds is 4. The summed E-state index contributed by atoms with van der Waals surface area (Å²) in [6.45, 7) is 5.73. The first kappa shape index (κ1) is 14.8. The van der Waals surface area contributed by atoms with Gasteiger partial charge in [-0.05, 0) is 25.1 Å². The quantitative estimate of drug-likeness (QED) is 0.726. The number of urea groups is 1.